The average molecular weight is 240 g/mol. The van der Waals surface area contributed by atoms with Gasteiger partial charge in [-0.15, -0.1) is 0 Å². The Morgan fingerprint density at radius 2 is 2.35 bits per heavy atom. The first-order valence-corrected chi connectivity index (χ1v) is 5.99. The molecule has 1 saturated heterocycles. The topological polar surface area (TPSA) is 58.6 Å². The van der Waals surface area contributed by atoms with Gasteiger partial charge in [0.1, 0.15) is 6.61 Å². The first-order chi connectivity index (χ1) is 8.19. The normalized spacial score (nSPS) is 19.6. The van der Waals surface area contributed by atoms with E-state index < -0.39 is 0 Å². The molecule has 1 N–H and O–H groups in total. The summed E-state index contributed by atoms with van der Waals surface area (Å²) in [6.07, 6.45) is 2.84. The molecule has 96 valence electrons. The second-order valence-electron chi connectivity index (χ2n) is 4.05. The maximum absolute atomic E-state index is 11.7. The number of carbonyl (C=O) groups excluding carboxylic acids is 2. The van der Waals surface area contributed by atoms with Crippen LogP contribution in [0.5, 0.6) is 0 Å². The Bertz CT molecular complexity index is 291. The molecule has 0 spiro atoms. The van der Waals surface area contributed by atoms with Crippen LogP contribution in [0, 0.1) is 5.92 Å². The SMILES string of the molecule is C=CCOC(=O)N1CCCC(C(=O)NCC)C1. The lowest BCUT2D eigenvalue weighted by atomic mass is 9.97. The predicted molar refractivity (Wildman–Crippen MR) is 64.5 cm³/mol. The van der Waals surface area contributed by atoms with Gasteiger partial charge in [-0.2, -0.15) is 0 Å². The van der Waals surface area contributed by atoms with E-state index in [0.717, 1.165) is 12.8 Å². The van der Waals surface area contributed by atoms with E-state index >= 15 is 0 Å². The number of amides is 2. The fraction of sp³-hybridized carbons (Fsp3) is 0.667. The minimum Gasteiger partial charge on any atom is -0.445 e. The van der Waals surface area contributed by atoms with Crippen molar-refractivity contribution in [1.29, 1.82) is 0 Å². The molecule has 1 unspecified atom stereocenters. The maximum Gasteiger partial charge on any atom is 0.410 e. The second-order valence-corrected chi connectivity index (χ2v) is 4.05. The molecule has 0 radical (unpaired) electrons. The zero-order valence-electron chi connectivity index (χ0n) is 10.3. The lowest BCUT2D eigenvalue weighted by Crippen LogP contribution is -2.45. The molecule has 1 rings (SSSR count). The van der Waals surface area contributed by atoms with Crippen LogP contribution < -0.4 is 5.32 Å². The number of carbonyl (C=O) groups is 2. The quantitative estimate of drug-likeness (QED) is 0.750. The van der Waals surface area contributed by atoms with Crippen LogP contribution in [0.25, 0.3) is 0 Å². The molecule has 1 heterocycles. The van der Waals surface area contributed by atoms with Gasteiger partial charge in [0, 0.05) is 19.6 Å². The number of nitrogens with zero attached hydrogens (tertiary/aromatic N) is 1. The zero-order chi connectivity index (χ0) is 12.7. The van der Waals surface area contributed by atoms with Crippen LogP contribution in [0.15, 0.2) is 12.7 Å². The van der Waals surface area contributed by atoms with E-state index in [1.807, 2.05) is 6.92 Å². The predicted octanol–water partition coefficient (Wildman–Crippen LogP) is 1.16. The standard InChI is InChI=1S/C12H20N2O3/c1-3-8-17-12(16)14-7-5-6-10(9-14)11(15)13-4-2/h3,10H,1,4-9H2,2H3,(H,13,15). The zero-order valence-corrected chi connectivity index (χ0v) is 10.3. The van der Waals surface area contributed by atoms with E-state index in [1.54, 1.807) is 4.90 Å². The Morgan fingerprint density at radius 3 is 3.00 bits per heavy atom. The van der Waals surface area contributed by atoms with Crippen molar-refractivity contribution in [2.75, 3.05) is 26.2 Å². The molecule has 17 heavy (non-hydrogen) atoms. The third-order valence-corrected chi connectivity index (χ3v) is 2.73. The summed E-state index contributed by atoms with van der Waals surface area (Å²) in [4.78, 5) is 24.9. The van der Waals surface area contributed by atoms with Crippen LogP contribution in [-0.2, 0) is 9.53 Å². The Labute approximate surface area is 102 Å². The van der Waals surface area contributed by atoms with Crippen LogP contribution >= 0.6 is 0 Å². The van der Waals surface area contributed by atoms with Gasteiger partial charge in [0.2, 0.25) is 5.91 Å². The molecule has 1 atom stereocenters. The van der Waals surface area contributed by atoms with Crippen molar-refractivity contribution in [3.63, 3.8) is 0 Å². The van der Waals surface area contributed by atoms with Gasteiger partial charge in [-0.1, -0.05) is 12.7 Å². The van der Waals surface area contributed by atoms with Crippen LogP contribution in [-0.4, -0.2) is 43.1 Å². The van der Waals surface area contributed by atoms with Gasteiger partial charge in [0.15, 0.2) is 0 Å². The number of piperidine rings is 1. The summed E-state index contributed by atoms with van der Waals surface area (Å²) in [5, 5.41) is 2.78. The second kappa shape index (κ2) is 6.93. The number of nitrogens with one attached hydrogen (secondary N) is 1. The summed E-state index contributed by atoms with van der Waals surface area (Å²) in [5.41, 5.74) is 0. The molecule has 1 fully saturated rings. The summed E-state index contributed by atoms with van der Waals surface area (Å²) >= 11 is 0. The fourth-order valence-electron chi connectivity index (χ4n) is 1.90. The molecule has 1 aliphatic rings. The first kappa shape index (κ1) is 13.5. The third-order valence-electron chi connectivity index (χ3n) is 2.73. The highest BCUT2D eigenvalue weighted by Crippen LogP contribution is 2.17. The highest BCUT2D eigenvalue weighted by atomic mass is 16.6. The Kier molecular flexibility index (Phi) is 5.52. The maximum atomic E-state index is 11.7. The molecule has 0 aromatic carbocycles. The molecule has 0 aliphatic carbocycles. The molecule has 1 aliphatic heterocycles. The monoisotopic (exact) mass is 240 g/mol. The van der Waals surface area contributed by atoms with Crippen molar-refractivity contribution in [2.45, 2.75) is 19.8 Å². The van der Waals surface area contributed by atoms with Crippen molar-refractivity contribution >= 4 is 12.0 Å². The molecule has 0 saturated carbocycles. The summed E-state index contributed by atoms with van der Waals surface area (Å²) in [7, 11) is 0. The van der Waals surface area contributed by atoms with Crippen molar-refractivity contribution < 1.29 is 14.3 Å². The lowest BCUT2D eigenvalue weighted by molar-refractivity contribution is -0.126. The molecule has 0 aromatic heterocycles. The highest BCUT2D eigenvalue weighted by Gasteiger charge is 2.28. The van der Waals surface area contributed by atoms with Crippen LogP contribution in [0.4, 0.5) is 4.79 Å². The van der Waals surface area contributed by atoms with Crippen LogP contribution in [0.1, 0.15) is 19.8 Å². The molecular formula is C12H20N2O3. The van der Waals surface area contributed by atoms with E-state index in [2.05, 4.69) is 11.9 Å². The van der Waals surface area contributed by atoms with Crippen LogP contribution in [0.3, 0.4) is 0 Å². The van der Waals surface area contributed by atoms with Crippen molar-refractivity contribution in [3.05, 3.63) is 12.7 Å². The van der Waals surface area contributed by atoms with E-state index in [4.69, 9.17) is 4.74 Å². The summed E-state index contributed by atoms with van der Waals surface area (Å²) in [6, 6.07) is 0. The number of rotatable bonds is 4. The van der Waals surface area contributed by atoms with Gasteiger partial charge >= 0.3 is 6.09 Å². The van der Waals surface area contributed by atoms with E-state index in [-0.39, 0.29) is 24.5 Å². The van der Waals surface area contributed by atoms with E-state index in [9.17, 15) is 9.59 Å². The fourth-order valence-corrected chi connectivity index (χ4v) is 1.90. The van der Waals surface area contributed by atoms with Crippen LogP contribution in [0.2, 0.25) is 0 Å². The smallest absolute Gasteiger partial charge is 0.410 e. The Hall–Kier alpha value is -1.52. The number of likely N-dealkylation sites (tertiary alicyclic amines) is 1. The first-order valence-electron chi connectivity index (χ1n) is 5.99. The average Bonchev–Trinajstić information content (AvgIpc) is 2.36. The third kappa shape index (κ3) is 4.09. The summed E-state index contributed by atoms with van der Waals surface area (Å²) in [5.74, 6) is -0.0892. The number of hydrogen-bond donors (Lipinski definition) is 1. The van der Waals surface area contributed by atoms with Gasteiger partial charge < -0.3 is 15.0 Å². The van der Waals surface area contributed by atoms with E-state index in [1.165, 1.54) is 6.08 Å². The largest absolute Gasteiger partial charge is 0.445 e. The van der Waals surface area contributed by atoms with Gasteiger partial charge in [-0.3, -0.25) is 4.79 Å². The van der Waals surface area contributed by atoms with Gasteiger partial charge in [0.25, 0.3) is 0 Å². The van der Waals surface area contributed by atoms with Gasteiger partial charge in [-0.25, -0.2) is 4.79 Å². The van der Waals surface area contributed by atoms with Crippen molar-refractivity contribution in [2.24, 2.45) is 5.92 Å². The Morgan fingerprint density at radius 1 is 1.59 bits per heavy atom. The van der Waals surface area contributed by atoms with Crippen molar-refractivity contribution in [3.8, 4) is 0 Å². The minimum atomic E-state index is -0.362. The molecular weight excluding hydrogens is 220 g/mol. The Balaban J connectivity index is 2.45. The molecule has 0 bridgehead atoms. The molecule has 5 heteroatoms. The summed E-state index contributed by atoms with van der Waals surface area (Å²) < 4.78 is 4.96. The molecule has 2 amide bonds. The van der Waals surface area contributed by atoms with Crippen molar-refractivity contribution in [1.82, 2.24) is 10.2 Å². The minimum absolute atomic E-state index is 0.0220. The summed E-state index contributed by atoms with van der Waals surface area (Å²) in [6.45, 7) is 7.31. The molecule has 0 aromatic rings. The number of hydrogen-bond acceptors (Lipinski definition) is 3. The molecule has 5 nitrogen and oxygen atoms in total. The van der Waals surface area contributed by atoms with Gasteiger partial charge in [-0.05, 0) is 19.8 Å². The highest BCUT2D eigenvalue weighted by molar-refractivity contribution is 5.79. The van der Waals surface area contributed by atoms with E-state index in [0.29, 0.717) is 19.6 Å². The number of ether oxygens (including phenoxy) is 1. The van der Waals surface area contributed by atoms with Gasteiger partial charge in [0.05, 0.1) is 5.92 Å². The lowest BCUT2D eigenvalue weighted by Gasteiger charge is -2.31.